The molecule has 2 aromatic carbocycles. The molecule has 2 aromatic heterocycles. The van der Waals surface area contributed by atoms with Crippen molar-refractivity contribution in [2.24, 2.45) is 0 Å². The molecule has 146 valence electrons. The van der Waals surface area contributed by atoms with Gasteiger partial charge in [0.1, 0.15) is 17.0 Å². The van der Waals surface area contributed by atoms with E-state index in [4.69, 9.17) is 0 Å². The number of anilines is 3. The zero-order valence-electron chi connectivity index (χ0n) is 16.4. The molecule has 0 radical (unpaired) electrons. The van der Waals surface area contributed by atoms with Crippen LogP contribution in [0, 0.1) is 0 Å². The van der Waals surface area contributed by atoms with Crippen molar-refractivity contribution in [1.82, 2.24) is 14.9 Å². The zero-order chi connectivity index (χ0) is 19.6. The number of hydrogen-bond donors (Lipinski definition) is 1. The summed E-state index contributed by atoms with van der Waals surface area (Å²) < 4.78 is 0. The van der Waals surface area contributed by atoms with Crippen LogP contribution in [-0.2, 0) is 0 Å². The van der Waals surface area contributed by atoms with Gasteiger partial charge in [0.05, 0.1) is 5.39 Å². The number of likely N-dealkylation sites (N-methyl/N-ethyl adjacent to an activating group) is 1. The Balaban J connectivity index is 1.38. The fourth-order valence-corrected chi connectivity index (χ4v) is 4.66. The van der Waals surface area contributed by atoms with Crippen molar-refractivity contribution in [2.75, 3.05) is 43.4 Å². The number of fused-ring (bicyclic) bond motifs is 1. The van der Waals surface area contributed by atoms with Crippen molar-refractivity contribution in [1.29, 1.82) is 0 Å². The Hall–Kier alpha value is -2.96. The summed E-state index contributed by atoms with van der Waals surface area (Å²) in [6, 6.07) is 21.2. The maximum Gasteiger partial charge on any atom is 0.142 e. The lowest BCUT2D eigenvalue weighted by Crippen LogP contribution is -2.44. The molecule has 0 saturated carbocycles. The number of benzene rings is 2. The smallest absolute Gasteiger partial charge is 0.142 e. The summed E-state index contributed by atoms with van der Waals surface area (Å²) in [5, 5.41) is 4.53. The highest BCUT2D eigenvalue weighted by Gasteiger charge is 2.14. The maximum atomic E-state index is 4.50. The van der Waals surface area contributed by atoms with Crippen molar-refractivity contribution in [3.05, 3.63) is 67.0 Å². The van der Waals surface area contributed by atoms with Gasteiger partial charge in [-0.1, -0.05) is 30.3 Å². The molecule has 5 nitrogen and oxygen atoms in total. The third kappa shape index (κ3) is 3.81. The third-order valence-electron chi connectivity index (χ3n) is 5.39. The van der Waals surface area contributed by atoms with Gasteiger partial charge in [-0.3, -0.25) is 0 Å². The highest BCUT2D eigenvalue weighted by molar-refractivity contribution is 7.21. The predicted molar refractivity (Wildman–Crippen MR) is 122 cm³/mol. The molecule has 0 bridgehead atoms. The third-order valence-corrected chi connectivity index (χ3v) is 6.48. The van der Waals surface area contributed by atoms with Crippen molar-refractivity contribution in [3.8, 4) is 10.4 Å². The molecule has 5 rings (SSSR count). The van der Waals surface area contributed by atoms with Crippen LogP contribution >= 0.6 is 11.3 Å². The number of hydrogen-bond acceptors (Lipinski definition) is 6. The minimum absolute atomic E-state index is 0.848. The van der Waals surface area contributed by atoms with Crippen LogP contribution in [0.1, 0.15) is 0 Å². The Morgan fingerprint density at radius 2 is 1.66 bits per heavy atom. The van der Waals surface area contributed by atoms with Gasteiger partial charge in [0.25, 0.3) is 0 Å². The molecule has 6 heteroatoms. The van der Waals surface area contributed by atoms with E-state index in [1.54, 1.807) is 17.7 Å². The van der Waals surface area contributed by atoms with Gasteiger partial charge in [-0.05, 0) is 42.9 Å². The Bertz CT molecular complexity index is 1100. The molecule has 3 heterocycles. The van der Waals surface area contributed by atoms with E-state index in [2.05, 4.69) is 86.7 Å². The van der Waals surface area contributed by atoms with Crippen LogP contribution in [0.4, 0.5) is 17.2 Å². The van der Waals surface area contributed by atoms with E-state index in [-0.39, 0.29) is 0 Å². The summed E-state index contributed by atoms with van der Waals surface area (Å²) in [5.74, 6) is 0.848. The van der Waals surface area contributed by atoms with E-state index in [0.717, 1.165) is 47.9 Å². The summed E-state index contributed by atoms with van der Waals surface area (Å²) in [6.45, 7) is 4.38. The highest BCUT2D eigenvalue weighted by atomic mass is 32.1. The standard InChI is InChI=1S/C23H23N5S/c1-27-11-13-28(14-12-27)19-9-7-18(8-10-19)26-22-20-15-21(17-5-3-2-4-6-17)29-23(20)25-16-24-22/h2-10,15-16H,11-14H2,1H3,(H,24,25,26). The topological polar surface area (TPSA) is 44.3 Å². The summed E-state index contributed by atoms with van der Waals surface area (Å²) >= 11 is 1.69. The van der Waals surface area contributed by atoms with Crippen molar-refractivity contribution < 1.29 is 0 Å². The first-order chi connectivity index (χ1) is 14.3. The SMILES string of the molecule is CN1CCN(c2ccc(Nc3ncnc4sc(-c5ccccc5)cc34)cc2)CC1. The first-order valence-corrected chi connectivity index (χ1v) is 10.7. The van der Waals surface area contributed by atoms with Gasteiger partial charge in [-0.15, -0.1) is 11.3 Å². The van der Waals surface area contributed by atoms with Gasteiger partial charge >= 0.3 is 0 Å². The maximum absolute atomic E-state index is 4.50. The van der Waals surface area contributed by atoms with Crippen LogP contribution in [0.25, 0.3) is 20.7 Å². The minimum Gasteiger partial charge on any atom is -0.369 e. The van der Waals surface area contributed by atoms with Crippen molar-refractivity contribution in [2.45, 2.75) is 0 Å². The van der Waals surface area contributed by atoms with Crippen LogP contribution < -0.4 is 10.2 Å². The monoisotopic (exact) mass is 401 g/mol. The summed E-state index contributed by atoms with van der Waals surface area (Å²) in [6.07, 6.45) is 1.63. The quantitative estimate of drug-likeness (QED) is 0.529. The van der Waals surface area contributed by atoms with E-state index in [1.807, 2.05) is 6.07 Å². The van der Waals surface area contributed by atoms with Crippen molar-refractivity contribution in [3.63, 3.8) is 0 Å². The Morgan fingerprint density at radius 3 is 2.41 bits per heavy atom. The largest absolute Gasteiger partial charge is 0.369 e. The van der Waals surface area contributed by atoms with E-state index >= 15 is 0 Å². The lowest BCUT2D eigenvalue weighted by Gasteiger charge is -2.34. The van der Waals surface area contributed by atoms with Gasteiger partial charge in [0, 0.05) is 42.4 Å². The Kier molecular flexibility index (Phi) is 4.87. The Morgan fingerprint density at radius 1 is 0.897 bits per heavy atom. The number of rotatable bonds is 4. The number of aromatic nitrogens is 2. The number of nitrogens with zero attached hydrogens (tertiary/aromatic N) is 4. The van der Waals surface area contributed by atoms with Gasteiger partial charge in [0.15, 0.2) is 0 Å². The second kappa shape index (κ2) is 7.81. The highest BCUT2D eigenvalue weighted by Crippen LogP contribution is 2.35. The van der Waals surface area contributed by atoms with Gasteiger partial charge < -0.3 is 15.1 Å². The van der Waals surface area contributed by atoms with E-state index in [0.29, 0.717) is 0 Å². The molecular weight excluding hydrogens is 378 g/mol. The molecule has 4 aromatic rings. The molecule has 29 heavy (non-hydrogen) atoms. The molecule has 1 aliphatic rings. The molecule has 1 fully saturated rings. The van der Waals surface area contributed by atoms with E-state index in [9.17, 15) is 0 Å². The lowest BCUT2D eigenvalue weighted by molar-refractivity contribution is 0.313. The van der Waals surface area contributed by atoms with Crippen LogP contribution in [0.2, 0.25) is 0 Å². The molecule has 0 spiro atoms. The molecular formula is C23H23N5S. The fourth-order valence-electron chi connectivity index (χ4n) is 3.66. The fraction of sp³-hybridized carbons (Fsp3) is 0.217. The van der Waals surface area contributed by atoms with Crippen LogP contribution in [-0.4, -0.2) is 48.1 Å². The minimum atomic E-state index is 0.848. The number of nitrogens with one attached hydrogen (secondary N) is 1. The number of thiophene rings is 1. The lowest BCUT2D eigenvalue weighted by atomic mass is 10.2. The molecule has 1 N–H and O–H groups in total. The molecule has 0 aliphatic carbocycles. The molecule has 0 amide bonds. The first kappa shape index (κ1) is 18.1. The zero-order valence-corrected chi connectivity index (χ0v) is 17.2. The second-order valence-corrected chi connectivity index (χ2v) is 8.41. The van der Waals surface area contributed by atoms with Crippen LogP contribution in [0.5, 0.6) is 0 Å². The van der Waals surface area contributed by atoms with Gasteiger partial charge in [-0.25, -0.2) is 9.97 Å². The summed E-state index contributed by atoms with van der Waals surface area (Å²) in [4.78, 5) is 16.0. The first-order valence-electron chi connectivity index (χ1n) is 9.87. The molecule has 1 saturated heterocycles. The van der Waals surface area contributed by atoms with E-state index < -0.39 is 0 Å². The number of piperazine rings is 1. The molecule has 0 atom stereocenters. The van der Waals surface area contributed by atoms with Crippen molar-refractivity contribution >= 4 is 38.7 Å². The van der Waals surface area contributed by atoms with Crippen LogP contribution in [0.15, 0.2) is 67.0 Å². The summed E-state index contributed by atoms with van der Waals surface area (Å²) in [5.41, 5.74) is 3.52. The molecule has 1 aliphatic heterocycles. The van der Waals surface area contributed by atoms with Gasteiger partial charge in [-0.2, -0.15) is 0 Å². The average Bonchev–Trinajstić information content (AvgIpc) is 3.21. The Labute approximate surface area is 174 Å². The average molecular weight is 402 g/mol. The second-order valence-electron chi connectivity index (χ2n) is 7.38. The van der Waals surface area contributed by atoms with Crippen LogP contribution in [0.3, 0.4) is 0 Å². The van der Waals surface area contributed by atoms with Gasteiger partial charge in [0.2, 0.25) is 0 Å². The molecule has 0 unspecified atom stereocenters. The summed E-state index contributed by atoms with van der Waals surface area (Å²) in [7, 11) is 2.18. The predicted octanol–water partition coefficient (Wildman–Crippen LogP) is 4.85. The normalized spacial score (nSPS) is 15.0. The van der Waals surface area contributed by atoms with E-state index in [1.165, 1.54) is 16.1 Å².